The number of hydrogen-bond donors (Lipinski definition) is 4. The number of amides is 1. The largest absolute Gasteiger partial charge is 0.393 e. The minimum Gasteiger partial charge on any atom is -0.393 e. The number of carbonyl (C=O) groups excluding carboxylic acids is 3. The van der Waals surface area contributed by atoms with Gasteiger partial charge in [0.1, 0.15) is 5.78 Å². The van der Waals surface area contributed by atoms with Crippen LogP contribution in [0, 0.1) is 17.8 Å². The van der Waals surface area contributed by atoms with E-state index in [1.165, 1.54) is 6.92 Å². The van der Waals surface area contributed by atoms with Crippen LogP contribution in [0.4, 0.5) is 0 Å². The SMILES string of the molecule is CCCCCCC(CN)C(=O)C[C@H](C(=O)N[C@@H](CN)C(=O)C(C)C)[C@H](C)O. The maximum atomic E-state index is 12.6. The van der Waals surface area contributed by atoms with Gasteiger partial charge in [-0.1, -0.05) is 46.5 Å². The second-order valence-corrected chi connectivity index (χ2v) is 7.65. The van der Waals surface area contributed by atoms with Crippen LogP contribution in [0.2, 0.25) is 0 Å². The lowest BCUT2D eigenvalue weighted by Crippen LogP contribution is -2.51. The number of aliphatic hydroxyl groups is 1. The van der Waals surface area contributed by atoms with E-state index in [0.29, 0.717) is 6.42 Å². The van der Waals surface area contributed by atoms with Crippen LogP contribution in [0.1, 0.15) is 66.2 Å². The summed E-state index contributed by atoms with van der Waals surface area (Å²) < 4.78 is 0. The molecule has 0 aromatic carbocycles. The summed E-state index contributed by atoms with van der Waals surface area (Å²) in [5.41, 5.74) is 11.4. The third-order valence-corrected chi connectivity index (χ3v) is 4.95. The summed E-state index contributed by atoms with van der Waals surface area (Å²) in [7, 11) is 0. The Bertz CT molecular complexity index is 466. The van der Waals surface area contributed by atoms with Gasteiger partial charge in [-0.05, 0) is 13.3 Å². The van der Waals surface area contributed by atoms with Crippen LogP contribution in [0.15, 0.2) is 0 Å². The Morgan fingerprint density at radius 1 is 1.00 bits per heavy atom. The van der Waals surface area contributed by atoms with Gasteiger partial charge in [-0.2, -0.15) is 0 Å². The Labute approximate surface area is 163 Å². The van der Waals surface area contributed by atoms with Crippen LogP contribution in [0.5, 0.6) is 0 Å². The lowest BCUT2D eigenvalue weighted by Gasteiger charge is -2.24. The van der Waals surface area contributed by atoms with Crippen LogP contribution in [-0.2, 0) is 14.4 Å². The number of rotatable bonds is 15. The molecule has 0 rings (SSSR count). The molecule has 0 aliphatic rings. The number of hydrogen-bond acceptors (Lipinski definition) is 6. The number of ketones is 2. The molecule has 0 spiro atoms. The number of carbonyl (C=O) groups is 3. The van der Waals surface area contributed by atoms with E-state index in [9.17, 15) is 19.5 Å². The maximum absolute atomic E-state index is 12.6. The van der Waals surface area contributed by atoms with Gasteiger partial charge < -0.3 is 21.9 Å². The molecule has 0 saturated heterocycles. The van der Waals surface area contributed by atoms with Crippen molar-refractivity contribution in [2.24, 2.45) is 29.2 Å². The van der Waals surface area contributed by atoms with Crippen molar-refractivity contribution in [2.75, 3.05) is 13.1 Å². The molecule has 0 bridgehead atoms. The van der Waals surface area contributed by atoms with Gasteiger partial charge in [0.2, 0.25) is 5.91 Å². The fraction of sp³-hybridized carbons (Fsp3) is 0.850. The van der Waals surface area contributed by atoms with E-state index in [2.05, 4.69) is 12.2 Å². The zero-order valence-electron chi connectivity index (χ0n) is 17.4. The van der Waals surface area contributed by atoms with Gasteiger partial charge in [0.05, 0.1) is 18.1 Å². The van der Waals surface area contributed by atoms with Crippen molar-refractivity contribution in [1.29, 1.82) is 0 Å². The lowest BCUT2D eigenvalue weighted by molar-refractivity contribution is -0.136. The molecule has 6 N–H and O–H groups in total. The Kier molecular flexibility index (Phi) is 13.1. The van der Waals surface area contributed by atoms with Crippen LogP contribution < -0.4 is 16.8 Å². The molecule has 7 nitrogen and oxygen atoms in total. The van der Waals surface area contributed by atoms with Crippen molar-refractivity contribution in [3.63, 3.8) is 0 Å². The Balaban J connectivity index is 4.92. The van der Waals surface area contributed by atoms with Gasteiger partial charge in [-0.3, -0.25) is 14.4 Å². The summed E-state index contributed by atoms with van der Waals surface area (Å²) in [5.74, 6) is -2.30. The first kappa shape index (κ1) is 25.7. The second-order valence-electron chi connectivity index (χ2n) is 7.65. The van der Waals surface area contributed by atoms with E-state index in [4.69, 9.17) is 11.5 Å². The highest BCUT2D eigenvalue weighted by Gasteiger charge is 2.32. The van der Waals surface area contributed by atoms with E-state index in [1.807, 2.05) is 0 Å². The van der Waals surface area contributed by atoms with Gasteiger partial charge in [-0.25, -0.2) is 0 Å². The highest BCUT2D eigenvalue weighted by atomic mass is 16.3. The zero-order chi connectivity index (χ0) is 21.0. The smallest absolute Gasteiger partial charge is 0.226 e. The monoisotopic (exact) mass is 385 g/mol. The van der Waals surface area contributed by atoms with Crippen molar-refractivity contribution < 1.29 is 19.5 Å². The Hall–Kier alpha value is -1.31. The molecule has 0 fully saturated rings. The van der Waals surface area contributed by atoms with E-state index in [-0.39, 0.29) is 42.9 Å². The van der Waals surface area contributed by atoms with Gasteiger partial charge in [0.25, 0.3) is 0 Å². The molecule has 7 heteroatoms. The molecule has 0 aromatic heterocycles. The summed E-state index contributed by atoms with van der Waals surface area (Å²) in [6.07, 6.45) is 3.80. The minimum absolute atomic E-state index is 0.0217. The number of unbranched alkanes of at least 4 members (excludes halogenated alkanes) is 3. The average Bonchev–Trinajstić information content (AvgIpc) is 2.62. The number of Topliss-reactive ketones (excluding diaryl/α,β-unsaturated/α-hetero) is 2. The van der Waals surface area contributed by atoms with Gasteiger partial charge in [0, 0.05) is 31.3 Å². The van der Waals surface area contributed by atoms with Crippen LogP contribution in [0.25, 0.3) is 0 Å². The van der Waals surface area contributed by atoms with E-state index in [1.54, 1.807) is 13.8 Å². The zero-order valence-corrected chi connectivity index (χ0v) is 17.4. The molecule has 27 heavy (non-hydrogen) atoms. The molecule has 1 unspecified atom stereocenters. The fourth-order valence-electron chi connectivity index (χ4n) is 3.02. The first-order valence-corrected chi connectivity index (χ1v) is 10.1. The van der Waals surface area contributed by atoms with Crippen molar-refractivity contribution in [3.05, 3.63) is 0 Å². The minimum atomic E-state index is -1.01. The predicted molar refractivity (Wildman–Crippen MR) is 107 cm³/mol. The molecule has 0 aliphatic carbocycles. The summed E-state index contributed by atoms with van der Waals surface area (Å²) in [6, 6.07) is -0.812. The van der Waals surface area contributed by atoms with Crippen LogP contribution in [0.3, 0.4) is 0 Å². The Morgan fingerprint density at radius 2 is 1.63 bits per heavy atom. The maximum Gasteiger partial charge on any atom is 0.226 e. The molecular formula is C20H39N3O4. The summed E-state index contributed by atoms with van der Waals surface area (Å²) in [4.78, 5) is 37.3. The molecule has 0 aliphatic heterocycles. The number of aliphatic hydroxyl groups excluding tert-OH is 1. The van der Waals surface area contributed by atoms with Gasteiger partial charge in [0.15, 0.2) is 5.78 Å². The summed E-state index contributed by atoms with van der Waals surface area (Å²) in [6.45, 7) is 7.27. The Morgan fingerprint density at radius 3 is 2.07 bits per heavy atom. The van der Waals surface area contributed by atoms with E-state index >= 15 is 0 Å². The van der Waals surface area contributed by atoms with Crippen LogP contribution >= 0.6 is 0 Å². The normalized spacial score (nSPS) is 15.9. The summed E-state index contributed by atoms with van der Waals surface area (Å²) in [5, 5.41) is 12.6. The van der Waals surface area contributed by atoms with E-state index in [0.717, 1.165) is 25.7 Å². The van der Waals surface area contributed by atoms with Gasteiger partial charge >= 0.3 is 0 Å². The third-order valence-electron chi connectivity index (χ3n) is 4.95. The van der Waals surface area contributed by atoms with Crippen molar-refractivity contribution in [1.82, 2.24) is 5.32 Å². The molecule has 0 heterocycles. The van der Waals surface area contributed by atoms with Crippen molar-refractivity contribution in [3.8, 4) is 0 Å². The van der Waals surface area contributed by atoms with Gasteiger partial charge in [-0.15, -0.1) is 0 Å². The third kappa shape index (κ3) is 9.44. The molecule has 4 atom stereocenters. The average molecular weight is 386 g/mol. The highest BCUT2D eigenvalue weighted by Crippen LogP contribution is 2.18. The number of nitrogens with one attached hydrogen (secondary N) is 1. The standard InChI is InChI=1S/C20H39N3O4/c1-5-6-7-8-9-15(11-21)18(25)10-16(14(4)24)20(27)23-17(12-22)19(26)13(2)3/h13-17,24H,5-12,21-22H2,1-4H3,(H,23,27)/t14-,15?,16-,17-/m0/s1. The lowest BCUT2D eigenvalue weighted by atomic mass is 9.87. The number of nitrogens with two attached hydrogens (primary N) is 2. The molecule has 158 valence electrons. The molecule has 0 radical (unpaired) electrons. The summed E-state index contributed by atoms with van der Waals surface area (Å²) >= 11 is 0. The first-order valence-electron chi connectivity index (χ1n) is 10.1. The first-order chi connectivity index (χ1) is 12.7. The van der Waals surface area contributed by atoms with E-state index < -0.39 is 24.0 Å². The second kappa shape index (κ2) is 13.8. The van der Waals surface area contributed by atoms with Crippen molar-refractivity contribution in [2.45, 2.75) is 78.4 Å². The topological polar surface area (TPSA) is 136 Å². The molecule has 0 saturated carbocycles. The molecular weight excluding hydrogens is 346 g/mol. The quantitative estimate of drug-likeness (QED) is 0.312. The highest BCUT2D eigenvalue weighted by molar-refractivity contribution is 5.93. The van der Waals surface area contributed by atoms with Crippen LogP contribution in [-0.4, -0.2) is 47.8 Å². The molecule has 0 aromatic rings. The predicted octanol–water partition coefficient (Wildman–Crippen LogP) is 1.16. The molecule has 1 amide bonds. The van der Waals surface area contributed by atoms with Crippen molar-refractivity contribution >= 4 is 17.5 Å². The fourth-order valence-corrected chi connectivity index (χ4v) is 3.02.